The van der Waals surface area contributed by atoms with Crippen LogP contribution in [0, 0.1) is 0 Å². The number of nitrogens with zero attached hydrogens (tertiary/aromatic N) is 4. The van der Waals surface area contributed by atoms with Gasteiger partial charge in [0, 0.05) is 31.4 Å². The molecule has 0 aromatic carbocycles. The molecule has 2 rings (SSSR count). The molecule has 0 bridgehead atoms. The van der Waals surface area contributed by atoms with E-state index in [1.165, 1.54) is 16.2 Å². The van der Waals surface area contributed by atoms with Crippen LogP contribution in [0.3, 0.4) is 0 Å². The Bertz CT molecular complexity index is 711. The van der Waals surface area contributed by atoms with E-state index < -0.39 is 11.6 Å². The van der Waals surface area contributed by atoms with Crippen LogP contribution in [-0.4, -0.2) is 78.4 Å². The number of rotatable bonds is 8. The van der Waals surface area contributed by atoms with Crippen LogP contribution in [0.1, 0.15) is 39.3 Å². The normalized spacial score (nSPS) is 14.6. The Hall–Kier alpha value is -2.00. The molecule has 0 N–H and O–H groups in total. The predicted octanol–water partition coefficient (Wildman–Crippen LogP) is 1.54. The zero-order valence-electron chi connectivity index (χ0n) is 17.4. The third-order valence-electron chi connectivity index (χ3n) is 4.09. The maximum Gasteiger partial charge on any atom is 0.326 e. The molecule has 0 aliphatic carbocycles. The number of ether oxygens (including phenoxy) is 1. The lowest BCUT2D eigenvalue weighted by atomic mass is 10.2. The number of aromatic nitrogens is 1. The SMILES string of the molecule is CN(C)CCN(CC(=O)OC(C)(C)C)C(=O)Cc1csc(N2CCCC2=O)n1. The highest BCUT2D eigenvalue weighted by molar-refractivity contribution is 7.14. The summed E-state index contributed by atoms with van der Waals surface area (Å²) in [6.45, 7) is 7.04. The molecular formula is C19H30N4O4S. The highest BCUT2D eigenvalue weighted by Gasteiger charge is 2.26. The van der Waals surface area contributed by atoms with Gasteiger partial charge in [-0.25, -0.2) is 4.98 Å². The number of amides is 2. The standard InChI is InChI=1S/C19H30N4O4S/c1-19(2,3)27-17(26)12-22(10-9-21(4)5)16(25)11-14-13-28-18(20-14)23-8-6-7-15(23)24/h13H,6-12H2,1-5H3. The van der Waals surface area contributed by atoms with Crippen molar-refractivity contribution in [2.24, 2.45) is 0 Å². The molecule has 1 aromatic rings. The number of carbonyl (C=O) groups is 3. The molecule has 0 spiro atoms. The van der Waals surface area contributed by atoms with Gasteiger partial charge in [-0.05, 0) is 41.3 Å². The molecule has 0 radical (unpaired) electrons. The fourth-order valence-corrected chi connectivity index (χ4v) is 3.63. The molecule has 1 aliphatic heterocycles. The predicted molar refractivity (Wildman–Crippen MR) is 108 cm³/mol. The Balaban J connectivity index is 2.01. The highest BCUT2D eigenvalue weighted by atomic mass is 32.1. The van der Waals surface area contributed by atoms with Gasteiger partial charge in [-0.15, -0.1) is 11.3 Å². The lowest BCUT2D eigenvalue weighted by molar-refractivity contribution is -0.158. The minimum absolute atomic E-state index is 0.0739. The Morgan fingerprint density at radius 3 is 2.57 bits per heavy atom. The molecule has 1 aromatic heterocycles. The molecule has 0 atom stereocenters. The summed E-state index contributed by atoms with van der Waals surface area (Å²) in [5.74, 6) is -0.539. The van der Waals surface area contributed by atoms with E-state index in [4.69, 9.17) is 4.74 Å². The molecule has 1 saturated heterocycles. The lowest BCUT2D eigenvalue weighted by Crippen LogP contribution is -2.42. The Morgan fingerprint density at radius 1 is 1.29 bits per heavy atom. The molecule has 0 unspecified atom stereocenters. The molecule has 0 saturated carbocycles. The summed E-state index contributed by atoms with van der Waals surface area (Å²) in [6.07, 6.45) is 1.47. The molecule has 2 amide bonds. The minimum Gasteiger partial charge on any atom is -0.459 e. The van der Waals surface area contributed by atoms with Gasteiger partial charge in [0.1, 0.15) is 12.1 Å². The largest absolute Gasteiger partial charge is 0.459 e. The van der Waals surface area contributed by atoms with Crippen molar-refractivity contribution in [3.8, 4) is 0 Å². The Kier molecular flexibility index (Phi) is 7.54. The lowest BCUT2D eigenvalue weighted by Gasteiger charge is -2.26. The van der Waals surface area contributed by atoms with Gasteiger partial charge >= 0.3 is 5.97 Å². The summed E-state index contributed by atoms with van der Waals surface area (Å²) in [4.78, 5) is 46.4. The minimum atomic E-state index is -0.598. The number of likely N-dealkylation sites (N-methyl/N-ethyl adjacent to an activating group) is 1. The van der Waals surface area contributed by atoms with Crippen molar-refractivity contribution in [2.75, 3.05) is 45.2 Å². The van der Waals surface area contributed by atoms with Gasteiger partial charge in [-0.3, -0.25) is 19.3 Å². The smallest absolute Gasteiger partial charge is 0.326 e. The van der Waals surface area contributed by atoms with E-state index >= 15 is 0 Å². The van der Waals surface area contributed by atoms with Crippen LogP contribution >= 0.6 is 11.3 Å². The summed E-state index contributed by atoms with van der Waals surface area (Å²) < 4.78 is 5.35. The summed E-state index contributed by atoms with van der Waals surface area (Å²) in [7, 11) is 3.83. The topological polar surface area (TPSA) is 83.0 Å². The monoisotopic (exact) mass is 410 g/mol. The highest BCUT2D eigenvalue weighted by Crippen LogP contribution is 2.25. The molecule has 1 fully saturated rings. The molecule has 2 heterocycles. The van der Waals surface area contributed by atoms with E-state index in [1.54, 1.807) is 31.1 Å². The first-order chi connectivity index (χ1) is 13.0. The van der Waals surface area contributed by atoms with Crippen molar-refractivity contribution in [3.63, 3.8) is 0 Å². The van der Waals surface area contributed by atoms with Crippen LogP contribution in [0.5, 0.6) is 0 Å². The number of esters is 1. The molecule has 156 valence electrons. The molecule has 8 nitrogen and oxygen atoms in total. The van der Waals surface area contributed by atoms with Crippen LogP contribution in [0.15, 0.2) is 5.38 Å². The zero-order chi connectivity index (χ0) is 20.9. The molecular weight excluding hydrogens is 380 g/mol. The first kappa shape index (κ1) is 22.3. The van der Waals surface area contributed by atoms with Gasteiger partial charge < -0.3 is 14.5 Å². The van der Waals surface area contributed by atoms with E-state index in [1.807, 2.05) is 19.0 Å². The van der Waals surface area contributed by atoms with E-state index in [9.17, 15) is 14.4 Å². The molecule has 28 heavy (non-hydrogen) atoms. The van der Waals surface area contributed by atoms with Crippen LogP contribution in [-0.2, 0) is 25.5 Å². The fourth-order valence-electron chi connectivity index (χ4n) is 2.76. The van der Waals surface area contributed by atoms with Crippen molar-refractivity contribution in [3.05, 3.63) is 11.1 Å². The summed E-state index contributed by atoms with van der Waals surface area (Å²) >= 11 is 1.37. The van der Waals surface area contributed by atoms with Gasteiger partial charge in [0.25, 0.3) is 0 Å². The Labute approximate surface area is 170 Å². The second kappa shape index (κ2) is 9.47. The summed E-state index contributed by atoms with van der Waals surface area (Å²) in [5, 5.41) is 2.44. The van der Waals surface area contributed by atoms with Crippen molar-refractivity contribution < 1.29 is 19.1 Å². The van der Waals surface area contributed by atoms with Crippen LogP contribution in [0.4, 0.5) is 5.13 Å². The number of thiazole rings is 1. The second-order valence-corrected chi connectivity index (χ2v) is 8.99. The van der Waals surface area contributed by atoms with Crippen molar-refractivity contribution in [2.45, 2.75) is 45.6 Å². The quantitative estimate of drug-likeness (QED) is 0.605. The van der Waals surface area contributed by atoms with Crippen LogP contribution < -0.4 is 4.90 Å². The number of hydrogen-bond acceptors (Lipinski definition) is 7. The average Bonchev–Trinajstić information content (AvgIpc) is 3.18. The number of hydrogen-bond donors (Lipinski definition) is 0. The number of anilines is 1. The first-order valence-electron chi connectivity index (χ1n) is 9.44. The van der Waals surface area contributed by atoms with Gasteiger partial charge in [0.15, 0.2) is 5.13 Å². The fraction of sp³-hybridized carbons (Fsp3) is 0.684. The van der Waals surface area contributed by atoms with Crippen LogP contribution in [0.25, 0.3) is 0 Å². The molecule has 1 aliphatic rings. The summed E-state index contributed by atoms with van der Waals surface area (Å²) in [6, 6.07) is 0. The van der Waals surface area contributed by atoms with Crippen molar-refractivity contribution >= 4 is 34.3 Å². The molecule has 9 heteroatoms. The van der Waals surface area contributed by atoms with E-state index in [0.717, 1.165) is 6.42 Å². The third-order valence-corrected chi connectivity index (χ3v) is 5.00. The van der Waals surface area contributed by atoms with Crippen molar-refractivity contribution in [1.82, 2.24) is 14.8 Å². The first-order valence-corrected chi connectivity index (χ1v) is 10.3. The summed E-state index contributed by atoms with van der Waals surface area (Å²) in [5.41, 5.74) is 0.0168. The maximum atomic E-state index is 12.8. The van der Waals surface area contributed by atoms with E-state index in [0.29, 0.717) is 36.9 Å². The number of carbonyl (C=O) groups excluding carboxylic acids is 3. The van der Waals surface area contributed by atoms with E-state index in [2.05, 4.69) is 4.98 Å². The van der Waals surface area contributed by atoms with Gasteiger partial charge in [-0.1, -0.05) is 0 Å². The second-order valence-electron chi connectivity index (χ2n) is 8.15. The van der Waals surface area contributed by atoms with Gasteiger partial charge in [0.05, 0.1) is 12.1 Å². The maximum absolute atomic E-state index is 12.8. The average molecular weight is 411 g/mol. The van der Waals surface area contributed by atoms with Gasteiger partial charge in [0.2, 0.25) is 11.8 Å². The Morgan fingerprint density at radius 2 is 2.00 bits per heavy atom. The van der Waals surface area contributed by atoms with Crippen molar-refractivity contribution in [1.29, 1.82) is 0 Å². The zero-order valence-corrected chi connectivity index (χ0v) is 18.2. The van der Waals surface area contributed by atoms with Gasteiger partial charge in [-0.2, -0.15) is 0 Å². The van der Waals surface area contributed by atoms with E-state index in [-0.39, 0.29) is 24.8 Å². The van der Waals surface area contributed by atoms with Crippen LogP contribution in [0.2, 0.25) is 0 Å². The third kappa shape index (κ3) is 6.87.